The molecule has 4 aromatic rings. The molecule has 0 aliphatic rings. The Morgan fingerprint density at radius 1 is 0.558 bits per heavy atom. The summed E-state index contributed by atoms with van der Waals surface area (Å²) in [6.45, 7) is 0. The average Bonchev–Trinajstić information content (AvgIpc) is 2.88. The minimum atomic E-state index is -4.68. The van der Waals surface area contributed by atoms with Crippen molar-refractivity contribution in [1.82, 2.24) is 0 Å². The molecular weight excluding hydrogens is 644 g/mol. The first kappa shape index (κ1) is 34.4. The van der Waals surface area contributed by atoms with E-state index in [0.29, 0.717) is 11.4 Å². The number of nitrogens with one attached hydrogen (secondary N) is 2. The molecule has 16 nitrogen and oxygen atoms in total. The van der Waals surface area contributed by atoms with Gasteiger partial charge in [-0.1, -0.05) is 35.8 Å². The topological polar surface area (TPSA) is 310 Å². The first-order chi connectivity index (χ1) is 19.5. The largest absolute Gasteiger partial charge is 3.00 e. The molecular formula is C24H21CrN8O8S2. The Labute approximate surface area is 260 Å². The van der Waals surface area contributed by atoms with Crippen LogP contribution in [0.2, 0.25) is 0 Å². The van der Waals surface area contributed by atoms with Gasteiger partial charge in [0, 0.05) is 11.4 Å². The fourth-order valence-corrected chi connectivity index (χ4v) is 3.94. The monoisotopic (exact) mass is 665 g/mol. The standard InChI is InChI=1S/2C12H11N4O4S.Cr/c2*13-7-1-3-10(9(14)5-7)15-16-11-6-8(21(18,19)20)2-4-12(11)17;/h2*1-6H,(H5-,13,14,15,16,17,18,19,20);/q2*-1;+3/p-1. The fraction of sp³-hybridized carbons (Fsp3) is 0. The zero-order chi connectivity index (χ0) is 31.2. The Bertz CT molecular complexity index is 1800. The van der Waals surface area contributed by atoms with Gasteiger partial charge < -0.3 is 42.3 Å². The molecule has 0 bridgehead atoms. The SMILES string of the molecule is [Cr+3].[H+].[H+].[H+].[NH-]c1cc(N)ccc1N=Nc1cc(S(=O)(=O)[O-])ccc1[O-].[NH-]c1cc(N)ccc1N=Nc1cc(S(=O)(=O)[O-])ccc1[O-]. The maximum Gasteiger partial charge on any atom is 3.00 e. The van der Waals surface area contributed by atoms with Gasteiger partial charge in [-0.3, -0.25) is 0 Å². The summed E-state index contributed by atoms with van der Waals surface area (Å²) in [6, 6.07) is 13.9. The number of nitrogens with two attached hydrogens (primary N) is 2. The van der Waals surface area contributed by atoms with Gasteiger partial charge >= 0.3 is 21.6 Å². The van der Waals surface area contributed by atoms with Crippen molar-refractivity contribution in [1.29, 1.82) is 0 Å². The van der Waals surface area contributed by atoms with Crippen molar-refractivity contribution in [3.63, 3.8) is 0 Å². The minimum absolute atomic E-state index is 0. The molecule has 0 heterocycles. The third-order valence-electron chi connectivity index (χ3n) is 5.01. The van der Waals surface area contributed by atoms with Crippen LogP contribution in [0, 0.1) is 0 Å². The van der Waals surface area contributed by atoms with Gasteiger partial charge in [0.2, 0.25) is 0 Å². The first-order valence-electron chi connectivity index (χ1n) is 11.1. The van der Waals surface area contributed by atoms with Gasteiger partial charge in [0.1, 0.15) is 20.2 Å². The van der Waals surface area contributed by atoms with Gasteiger partial charge in [0.05, 0.1) is 32.5 Å². The average molecular weight is 666 g/mol. The number of azo groups is 2. The van der Waals surface area contributed by atoms with Crippen LogP contribution >= 0.6 is 0 Å². The molecule has 1 radical (unpaired) electrons. The summed E-state index contributed by atoms with van der Waals surface area (Å²) in [7, 11) is -9.37. The molecule has 0 aliphatic heterocycles. The summed E-state index contributed by atoms with van der Waals surface area (Å²) in [4.78, 5) is -1.14. The molecule has 0 amide bonds. The van der Waals surface area contributed by atoms with Crippen LogP contribution in [0.25, 0.3) is 11.5 Å². The zero-order valence-corrected chi connectivity index (χ0v) is 24.3. The first-order valence-corrected chi connectivity index (χ1v) is 14.0. The summed E-state index contributed by atoms with van der Waals surface area (Å²) < 4.78 is 65.3. The second-order valence-corrected chi connectivity index (χ2v) is 10.9. The summed E-state index contributed by atoms with van der Waals surface area (Å²) >= 11 is 0. The number of benzene rings is 4. The molecule has 0 atom stereocenters. The van der Waals surface area contributed by atoms with Crippen LogP contribution in [-0.2, 0) is 37.6 Å². The summed E-state index contributed by atoms with van der Waals surface area (Å²) in [5.74, 6) is -1.18. The van der Waals surface area contributed by atoms with E-state index in [2.05, 4.69) is 20.5 Å². The van der Waals surface area contributed by atoms with Gasteiger partial charge in [-0.25, -0.2) is 16.8 Å². The summed E-state index contributed by atoms with van der Waals surface area (Å²) in [5, 5.41) is 37.6. The zero-order valence-electron chi connectivity index (χ0n) is 24.4. The van der Waals surface area contributed by atoms with Gasteiger partial charge in [0.15, 0.2) is 0 Å². The van der Waals surface area contributed by atoms with E-state index in [1.54, 1.807) is 0 Å². The third-order valence-corrected chi connectivity index (χ3v) is 6.67. The molecule has 4 aromatic carbocycles. The molecule has 19 heteroatoms. The van der Waals surface area contributed by atoms with Crippen molar-refractivity contribution in [2.24, 2.45) is 20.5 Å². The van der Waals surface area contributed by atoms with E-state index in [0.717, 1.165) is 36.4 Å². The minimum Gasteiger partial charge on any atom is -0.871 e. The summed E-state index contributed by atoms with van der Waals surface area (Å²) in [5.41, 5.74) is 26.6. The Morgan fingerprint density at radius 2 is 0.884 bits per heavy atom. The molecule has 0 fully saturated rings. The van der Waals surface area contributed by atoms with Crippen molar-refractivity contribution in [2.75, 3.05) is 11.5 Å². The molecule has 223 valence electrons. The maximum absolute atomic E-state index is 11.5. The number of nitrogen functional groups attached to an aromatic ring is 2. The summed E-state index contributed by atoms with van der Waals surface area (Å²) in [6.07, 6.45) is 0. The van der Waals surface area contributed by atoms with Crippen LogP contribution in [-0.4, -0.2) is 25.9 Å². The third kappa shape index (κ3) is 9.64. The second kappa shape index (κ2) is 13.9. The number of nitrogens with zero attached hydrogens (tertiary/aromatic N) is 4. The quantitative estimate of drug-likeness (QED) is 0.157. The van der Waals surface area contributed by atoms with Crippen LogP contribution in [0.4, 0.5) is 45.5 Å². The van der Waals surface area contributed by atoms with Crippen LogP contribution in [0.3, 0.4) is 0 Å². The predicted molar refractivity (Wildman–Crippen MR) is 149 cm³/mol. The van der Waals surface area contributed by atoms with Gasteiger partial charge in [-0.15, -0.1) is 11.4 Å². The number of hydrogen-bond acceptors (Lipinski definition) is 14. The van der Waals surface area contributed by atoms with Crippen LogP contribution in [0.15, 0.2) is 103 Å². The van der Waals surface area contributed by atoms with Crippen molar-refractivity contribution < 1.29 is 57.8 Å². The van der Waals surface area contributed by atoms with Crippen molar-refractivity contribution in [3.05, 3.63) is 84.3 Å². The van der Waals surface area contributed by atoms with E-state index in [1.165, 1.54) is 36.4 Å². The Kier molecular flexibility index (Phi) is 11.2. The van der Waals surface area contributed by atoms with E-state index in [4.69, 9.17) is 22.9 Å². The maximum atomic E-state index is 11.5. The van der Waals surface area contributed by atoms with Crippen molar-refractivity contribution >= 4 is 65.7 Å². The molecule has 0 saturated heterocycles. The predicted octanol–water partition coefficient (Wildman–Crippen LogP) is 5.03. The van der Waals surface area contributed by atoms with Crippen molar-refractivity contribution in [3.8, 4) is 11.5 Å². The molecule has 0 aromatic heterocycles. The van der Waals surface area contributed by atoms with Gasteiger partial charge in [-0.05, 0) is 48.5 Å². The number of rotatable bonds is 6. The molecule has 4 rings (SSSR count). The van der Waals surface area contributed by atoms with Gasteiger partial charge in [0.25, 0.3) is 0 Å². The molecule has 6 N–H and O–H groups in total. The molecule has 0 aliphatic carbocycles. The molecule has 43 heavy (non-hydrogen) atoms. The van der Waals surface area contributed by atoms with E-state index in [1.807, 2.05) is 0 Å². The van der Waals surface area contributed by atoms with Crippen LogP contribution < -0.4 is 21.7 Å². The van der Waals surface area contributed by atoms with E-state index in [9.17, 15) is 36.2 Å². The smallest absolute Gasteiger partial charge is 0.871 e. The molecule has 0 saturated carbocycles. The van der Waals surface area contributed by atoms with Crippen molar-refractivity contribution in [2.45, 2.75) is 9.79 Å². The van der Waals surface area contributed by atoms with E-state index in [-0.39, 0.29) is 55.8 Å². The van der Waals surface area contributed by atoms with Crippen LogP contribution in [0.1, 0.15) is 4.28 Å². The van der Waals surface area contributed by atoms with E-state index >= 15 is 0 Å². The Morgan fingerprint density at radius 3 is 1.19 bits per heavy atom. The van der Waals surface area contributed by atoms with Crippen LogP contribution in [0.5, 0.6) is 11.5 Å². The normalized spacial score (nSPS) is 11.6. The second-order valence-electron chi connectivity index (χ2n) is 8.12. The molecule has 0 unspecified atom stereocenters. The van der Waals surface area contributed by atoms with E-state index < -0.39 is 41.5 Å². The number of anilines is 2. The fourth-order valence-electron chi connectivity index (χ4n) is 2.96. The number of hydrogen-bond donors (Lipinski definition) is 2. The Hall–Kier alpha value is -4.77. The van der Waals surface area contributed by atoms with Gasteiger partial charge in [-0.2, -0.15) is 20.5 Å². The Balaban J connectivity index is 0. The molecule has 0 spiro atoms.